The van der Waals surface area contributed by atoms with Gasteiger partial charge in [0.25, 0.3) is 0 Å². The van der Waals surface area contributed by atoms with Crippen LogP contribution >= 0.6 is 15.9 Å². The van der Waals surface area contributed by atoms with E-state index in [0.29, 0.717) is 6.04 Å². The highest BCUT2D eigenvalue weighted by molar-refractivity contribution is 9.10. The molecule has 1 heterocycles. The van der Waals surface area contributed by atoms with E-state index in [4.69, 9.17) is 0 Å². The summed E-state index contributed by atoms with van der Waals surface area (Å²) in [5, 5.41) is 3.45. The molecule has 2 aromatic rings. The van der Waals surface area contributed by atoms with Crippen LogP contribution in [0, 0.1) is 5.82 Å². The molecule has 0 bridgehead atoms. The largest absolute Gasteiger partial charge is 0.379 e. The molecule has 19 heavy (non-hydrogen) atoms. The van der Waals surface area contributed by atoms with Crippen molar-refractivity contribution in [3.8, 4) is 0 Å². The third-order valence-corrected chi connectivity index (χ3v) is 3.72. The molecule has 0 saturated carbocycles. The van der Waals surface area contributed by atoms with E-state index in [2.05, 4.69) is 39.1 Å². The molecule has 0 radical (unpaired) electrons. The van der Waals surface area contributed by atoms with Gasteiger partial charge < -0.3 is 10.2 Å². The fraction of sp³-hybridized carbons (Fsp3) is 0.200. The zero-order chi connectivity index (χ0) is 13.4. The lowest BCUT2D eigenvalue weighted by Gasteiger charge is -2.36. The summed E-state index contributed by atoms with van der Waals surface area (Å²) in [7, 11) is 0. The smallest absolute Gasteiger partial charge is 0.125 e. The average Bonchev–Trinajstić information content (AvgIpc) is 2.38. The number of rotatable bonds is 1. The van der Waals surface area contributed by atoms with Crippen molar-refractivity contribution in [3.63, 3.8) is 0 Å². The van der Waals surface area contributed by atoms with E-state index in [0.717, 1.165) is 28.1 Å². The van der Waals surface area contributed by atoms with Crippen LogP contribution in [0.15, 0.2) is 46.9 Å². The molecule has 0 saturated heterocycles. The lowest BCUT2D eigenvalue weighted by Crippen LogP contribution is -2.37. The maximum Gasteiger partial charge on any atom is 0.125 e. The number of anilines is 3. The van der Waals surface area contributed by atoms with Crippen molar-refractivity contribution in [2.75, 3.05) is 16.8 Å². The van der Waals surface area contributed by atoms with Crippen molar-refractivity contribution in [2.24, 2.45) is 0 Å². The van der Waals surface area contributed by atoms with Gasteiger partial charge in [0.2, 0.25) is 0 Å². The van der Waals surface area contributed by atoms with Gasteiger partial charge in [-0.2, -0.15) is 0 Å². The van der Waals surface area contributed by atoms with Crippen LogP contribution in [0.2, 0.25) is 0 Å². The molecule has 3 rings (SSSR count). The van der Waals surface area contributed by atoms with Gasteiger partial charge in [-0.25, -0.2) is 4.39 Å². The number of nitrogens with zero attached hydrogens (tertiary/aromatic N) is 1. The normalized spacial score (nSPS) is 17.8. The molecule has 0 fully saturated rings. The summed E-state index contributed by atoms with van der Waals surface area (Å²) in [5.74, 6) is -0.208. The quantitative estimate of drug-likeness (QED) is 0.829. The predicted molar refractivity (Wildman–Crippen MR) is 80.6 cm³/mol. The molecular weight excluding hydrogens is 307 g/mol. The molecule has 1 aliphatic heterocycles. The number of benzene rings is 2. The molecule has 4 heteroatoms. The summed E-state index contributed by atoms with van der Waals surface area (Å²) in [6.45, 7) is 2.93. The summed E-state index contributed by atoms with van der Waals surface area (Å²) < 4.78 is 14.4. The zero-order valence-electron chi connectivity index (χ0n) is 10.5. The fourth-order valence-electron chi connectivity index (χ4n) is 2.42. The molecule has 1 aliphatic rings. The van der Waals surface area contributed by atoms with E-state index in [1.807, 2.05) is 18.2 Å². The molecule has 1 atom stereocenters. The van der Waals surface area contributed by atoms with Crippen molar-refractivity contribution in [1.29, 1.82) is 0 Å². The lowest BCUT2D eigenvalue weighted by atomic mass is 10.1. The summed E-state index contributed by atoms with van der Waals surface area (Å²) in [6.07, 6.45) is 0. The second-order valence-corrected chi connectivity index (χ2v) is 5.71. The Hall–Kier alpha value is -1.55. The Morgan fingerprint density at radius 1 is 1.26 bits per heavy atom. The molecule has 2 nitrogen and oxygen atoms in total. The van der Waals surface area contributed by atoms with E-state index in [1.165, 1.54) is 6.07 Å². The Kier molecular flexibility index (Phi) is 3.19. The molecule has 0 aromatic heterocycles. The molecule has 0 unspecified atom stereocenters. The van der Waals surface area contributed by atoms with E-state index in [1.54, 1.807) is 12.1 Å². The lowest BCUT2D eigenvalue weighted by molar-refractivity contribution is 0.627. The third kappa shape index (κ3) is 2.45. The highest BCUT2D eigenvalue weighted by atomic mass is 79.9. The first-order valence-corrected chi connectivity index (χ1v) is 7.02. The summed E-state index contributed by atoms with van der Waals surface area (Å²) in [5.41, 5.74) is 3.02. The molecular formula is C15H14BrFN2. The first-order valence-electron chi connectivity index (χ1n) is 6.23. The predicted octanol–water partition coefficient (Wildman–Crippen LogP) is 4.54. The van der Waals surface area contributed by atoms with Crippen LogP contribution in [-0.2, 0) is 0 Å². The van der Waals surface area contributed by atoms with Gasteiger partial charge in [-0.15, -0.1) is 0 Å². The van der Waals surface area contributed by atoms with Crippen LogP contribution in [0.25, 0.3) is 0 Å². The SMILES string of the molecule is C[C@H]1CN(c2cccc(F)c2)c2cc(Br)ccc2N1. The standard InChI is InChI=1S/C15H14BrFN2/c1-10-9-19(13-4-2-3-12(17)8-13)15-7-11(16)5-6-14(15)18-10/h2-8,10,18H,9H2,1H3/t10-/m0/s1. The minimum atomic E-state index is -0.208. The van der Waals surface area contributed by atoms with Crippen molar-refractivity contribution < 1.29 is 4.39 Å². The minimum Gasteiger partial charge on any atom is -0.379 e. The van der Waals surface area contributed by atoms with Crippen LogP contribution in [0.5, 0.6) is 0 Å². The summed E-state index contributed by atoms with van der Waals surface area (Å²) >= 11 is 3.49. The third-order valence-electron chi connectivity index (χ3n) is 3.23. The van der Waals surface area contributed by atoms with Gasteiger partial charge in [-0.05, 0) is 43.3 Å². The van der Waals surface area contributed by atoms with Crippen molar-refractivity contribution in [3.05, 3.63) is 52.8 Å². The molecule has 1 N–H and O–H groups in total. The molecule has 0 amide bonds. The highest BCUT2D eigenvalue weighted by Gasteiger charge is 2.22. The maximum atomic E-state index is 13.4. The molecule has 0 aliphatic carbocycles. The van der Waals surface area contributed by atoms with Crippen LogP contribution in [0.1, 0.15) is 6.92 Å². The van der Waals surface area contributed by atoms with Crippen molar-refractivity contribution >= 4 is 33.0 Å². The number of nitrogens with one attached hydrogen (secondary N) is 1. The number of hydrogen-bond donors (Lipinski definition) is 1. The zero-order valence-corrected chi connectivity index (χ0v) is 12.1. The molecule has 0 spiro atoms. The summed E-state index contributed by atoms with van der Waals surface area (Å²) in [6, 6.07) is 13.1. The van der Waals surface area contributed by atoms with Gasteiger partial charge in [0.1, 0.15) is 5.82 Å². The van der Waals surface area contributed by atoms with Gasteiger partial charge in [-0.3, -0.25) is 0 Å². The Labute approximate surface area is 120 Å². The number of fused-ring (bicyclic) bond motifs is 1. The average molecular weight is 321 g/mol. The fourth-order valence-corrected chi connectivity index (χ4v) is 2.77. The topological polar surface area (TPSA) is 15.3 Å². The van der Waals surface area contributed by atoms with Crippen molar-refractivity contribution in [1.82, 2.24) is 0 Å². The molecule has 98 valence electrons. The van der Waals surface area contributed by atoms with E-state index < -0.39 is 0 Å². The van der Waals surface area contributed by atoms with Crippen LogP contribution < -0.4 is 10.2 Å². The highest BCUT2D eigenvalue weighted by Crippen LogP contribution is 2.38. The van der Waals surface area contributed by atoms with Crippen LogP contribution in [0.3, 0.4) is 0 Å². The minimum absolute atomic E-state index is 0.208. The van der Waals surface area contributed by atoms with E-state index in [-0.39, 0.29) is 5.82 Å². The maximum absolute atomic E-state index is 13.4. The first kappa shape index (κ1) is 12.5. The second-order valence-electron chi connectivity index (χ2n) is 4.80. The van der Waals surface area contributed by atoms with Gasteiger partial charge in [0.05, 0.1) is 11.4 Å². The van der Waals surface area contributed by atoms with Gasteiger partial charge in [0, 0.05) is 22.7 Å². The Bertz CT molecular complexity index is 615. The summed E-state index contributed by atoms with van der Waals surface area (Å²) in [4.78, 5) is 2.14. The van der Waals surface area contributed by atoms with Crippen molar-refractivity contribution in [2.45, 2.75) is 13.0 Å². The number of halogens is 2. The van der Waals surface area contributed by atoms with Crippen LogP contribution in [-0.4, -0.2) is 12.6 Å². The van der Waals surface area contributed by atoms with Gasteiger partial charge in [0.15, 0.2) is 0 Å². The van der Waals surface area contributed by atoms with Gasteiger partial charge in [-0.1, -0.05) is 22.0 Å². The Balaban J connectivity index is 2.10. The first-order chi connectivity index (χ1) is 9.13. The Morgan fingerprint density at radius 3 is 2.89 bits per heavy atom. The van der Waals surface area contributed by atoms with Crippen LogP contribution in [0.4, 0.5) is 21.5 Å². The van der Waals surface area contributed by atoms with E-state index in [9.17, 15) is 4.39 Å². The molecule has 2 aromatic carbocycles. The monoisotopic (exact) mass is 320 g/mol. The van der Waals surface area contributed by atoms with Gasteiger partial charge >= 0.3 is 0 Å². The van der Waals surface area contributed by atoms with E-state index >= 15 is 0 Å². The number of hydrogen-bond acceptors (Lipinski definition) is 2. The Morgan fingerprint density at radius 2 is 2.11 bits per heavy atom. The second kappa shape index (κ2) is 4.85.